The Morgan fingerprint density at radius 1 is 0.213 bits per heavy atom. The largest absolute Gasteiger partial charge is 0.309 e. The lowest BCUT2D eigenvalue weighted by Crippen LogP contribution is -1.94. The van der Waals surface area contributed by atoms with Crippen LogP contribution in [-0.2, 0) is 25.7 Å². The van der Waals surface area contributed by atoms with Crippen LogP contribution in [0, 0.1) is 0 Å². The number of unbranched alkanes of at least 4 members (excludes halogenated alkanes) is 12. The Bertz CT molecular complexity index is 4090. The molecule has 0 bridgehead atoms. The van der Waals surface area contributed by atoms with E-state index in [1.807, 2.05) is 0 Å². The number of hydrogen-bond acceptors (Lipinski definition) is 0. The van der Waals surface area contributed by atoms with Crippen LogP contribution in [0.5, 0.6) is 0 Å². The fourth-order valence-corrected chi connectivity index (χ4v) is 13.7. The van der Waals surface area contributed by atoms with Crippen LogP contribution in [0.3, 0.4) is 0 Å². The van der Waals surface area contributed by atoms with Gasteiger partial charge >= 0.3 is 0 Å². The molecular weight excluding hydrogens is 1130 g/mol. The van der Waals surface area contributed by atoms with Gasteiger partial charge in [0, 0.05) is 32.9 Å². The van der Waals surface area contributed by atoms with Gasteiger partial charge in [0.15, 0.2) is 0 Å². The molecule has 0 atom stereocenters. The van der Waals surface area contributed by atoms with Crippen molar-refractivity contribution in [1.82, 2.24) is 9.13 Å². The molecule has 0 N–H and O–H groups in total. The molecule has 2 heterocycles. The van der Waals surface area contributed by atoms with Gasteiger partial charge in [-0.15, -0.1) is 0 Å². The van der Waals surface area contributed by atoms with Crippen molar-refractivity contribution in [2.45, 2.75) is 156 Å². The first-order valence-corrected chi connectivity index (χ1v) is 35.9. The van der Waals surface area contributed by atoms with Crippen LogP contribution in [-0.4, -0.2) is 9.13 Å². The van der Waals surface area contributed by atoms with Crippen LogP contribution in [0.15, 0.2) is 218 Å². The van der Waals surface area contributed by atoms with Crippen molar-refractivity contribution in [2.75, 3.05) is 0 Å². The summed E-state index contributed by atoms with van der Waals surface area (Å²) in [5.41, 5.74) is 25.2. The summed E-state index contributed by atoms with van der Waals surface area (Å²) >= 11 is 0. The van der Waals surface area contributed by atoms with Crippen LogP contribution in [0.25, 0.3) is 115 Å². The summed E-state index contributed by atoms with van der Waals surface area (Å²) in [7, 11) is 0. The van der Waals surface area contributed by atoms with Gasteiger partial charge in [0.1, 0.15) is 0 Å². The maximum atomic E-state index is 2.48. The minimum Gasteiger partial charge on any atom is -0.309 e. The highest BCUT2D eigenvalue weighted by molar-refractivity contribution is 6.11. The highest BCUT2D eigenvalue weighted by Gasteiger charge is 2.17. The molecule has 12 aromatic rings. The second-order valence-electron chi connectivity index (χ2n) is 26.4. The molecule has 0 unspecified atom stereocenters. The molecule has 0 saturated heterocycles. The van der Waals surface area contributed by atoms with E-state index in [9.17, 15) is 0 Å². The zero-order valence-electron chi connectivity index (χ0n) is 56.4. The van der Waals surface area contributed by atoms with E-state index in [2.05, 4.69) is 304 Å². The molecule has 0 radical (unpaired) electrons. The SMILES string of the molecule is CCCCCCc1ccc2c(c1)c1cc(CCCCCC)ccc1n2-c1ccc(/C=C/c2ccc(/C=C/c3ccc(-c4ccc(/C=C/c5ccc(/C=C/c6ccc(-n7c8ccc(CCCCCC)cc8c8cc(CCCCCC)ccc87)cc6)cc5)cc4)cc3)cc2)cc1. The highest BCUT2D eigenvalue weighted by atomic mass is 15.0. The predicted molar refractivity (Wildman–Crippen MR) is 413 cm³/mol. The fraction of sp³-hybridized carbons (Fsp3) is 0.261. The van der Waals surface area contributed by atoms with E-state index >= 15 is 0 Å². The van der Waals surface area contributed by atoms with E-state index in [0.717, 1.165) is 25.7 Å². The van der Waals surface area contributed by atoms with Crippen molar-refractivity contribution in [2.24, 2.45) is 0 Å². The summed E-state index contributed by atoms with van der Waals surface area (Å²) in [4.78, 5) is 0. The average Bonchev–Trinajstić information content (AvgIpc) is 1.61. The summed E-state index contributed by atoms with van der Waals surface area (Å²) in [6.07, 6.45) is 42.9. The zero-order valence-corrected chi connectivity index (χ0v) is 56.4. The molecule has 12 rings (SSSR count). The van der Waals surface area contributed by atoms with Crippen LogP contribution in [0.1, 0.15) is 197 Å². The van der Waals surface area contributed by atoms with Gasteiger partial charge in [-0.2, -0.15) is 0 Å². The molecule has 0 spiro atoms. The monoisotopic (exact) mass is 1230 g/mol. The van der Waals surface area contributed by atoms with E-state index in [0.29, 0.717) is 0 Å². The number of aromatic nitrogens is 2. The normalized spacial score (nSPS) is 12.1. The van der Waals surface area contributed by atoms with Gasteiger partial charge in [0.25, 0.3) is 0 Å². The standard InChI is InChI=1S/C92H96N2/c1-5-9-13-17-21-77-49-61-89-85(65-77)86-66-78(22-18-14-10-6-2)50-62-90(86)93(89)83-57-45-75(46-58-83)39-35-71-29-25-69(26-30-71)33-37-73-41-53-81(54-42-73)82-55-43-74(44-56-82)38-34-70-27-31-72(32-28-70)36-40-76-47-59-84(60-48-76)94-91-63-51-79(23-19-15-11-7-3)67-87(91)88-68-80(52-64-92(88)94)24-20-16-12-8-4/h25-68H,5-24H2,1-4H3/b37-33+,38-34+,39-35+,40-36+. The van der Waals surface area contributed by atoms with Crippen molar-refractivity contribution in [3.63, 3.8) is 0 Å². The topological polar surface area (TPSA) is 9.86 Å². The van der Waals surface area contributed by atoms with Crippen LogP contribution in [0.2, 0.25) is 0 Å². The van der Waals surface area contributed by atoms with E-state index in [4.69, 9.17) is 0 Å². The quantitative estimate of drug-likeness (QED) is 0.0303. The molecule has 0 saturated carbocycles. The van der Waals surface area contributed by atoms with Gasteiger partial charge in [-0.3, -0.25) is 0 Å². The molecule has 0 aliphatic carbocycles. The number of nitrogens with zero attached hydrogens (tertiary/aromatic N) is 2. The van der Waals surface area contributed by atoms with Crippen molar-refractivity contribution < 1.29 is 0 Å². The van der Waals surface area contributed by atoms with Crippen LogP contribution < -0.4 is 0 Å². The zero-order chi connectivity index (χ0) is 64.3. The number of aryl methyl sites for hydroxylation is 4. The molecule has 2 nitrogen and oxygen atoms in total. The Morgan fingerprint density at radius 3 is 0.628 bits per heavy atom. The lowest BCUT2D eigenvalue weighted by molar-refractivity contribution is 0.667. The minimum atomic E-state index is 1.15. The van der Waals surface area contributed by atoms with E-state index in [1.54, 1.807) is 0 Å². The third kappa shape index (κ3) is 16.6. The maximum Gasteiger partial charge on any atom is 0.0541 e. The van der Waals surface area contributed by atoms with Gasteiger partial charge in [-0.1, -0.05) is 299 Å². The summed E-state index contributed by atoms with van der Waals surface area (Å²) in [5, 5.41) is 5.50. The molecule has 2 aromatic heterocycles. The molecule has 0 aliphatic heterocycles. The number of hydrogen-bond donors (Lipinski definition) is 0. The number of rotatable bonds is 31. The molecule has 0 fully saturated rings. The maximum absolute atomic E-state index is 2.48. The van der Waals surface area contributed by atoms with E-state index < -0.39 is 0 Å². The predicted octanol–water partition coefficient (Wildman–Crippen LogP) is 26.7. The average molecular weight is 1230 g/mol. The summed E-state index contributed by atoms with van der Waals surface area (Å²) in [5.74, 6) is 0. The highest BCUT2D eigenvalue weighted by Crippen LogP contribution is 2.37. The lowest BCUT2D eigenvalue weighted by atomic mass is 10.0. The number of benzene rings is 10. The third-order valence-electron chi connectivity index (χ3n) is 19.3. The third-order valence-corrected chi connectivity index (χ3v) is 19.3. The van der Waals surface area contributed by atoms with Crippen molar-refractivity contribution in [3.8, 4) is 22.5 Å². The van der Waals surface area contributed by atoms with Gasteiger partial charge in [-0.25, -0.2) is 0 Å². The van der Waals surface area contributed by atoms with Gasteiger partial charge in [0.05, 0.1) is 22.1 Å². The molecule has 0 aliphatic rings. The first-order chi connectivity index (χ1) is 46.4. The van der Waals surface area contributed by atoms with E-state index in [1.165, 1.54) is 236 Å². The molecule has 94 heavy (non-hydrogen) atoms. The van der Waals surface area contributed by atoms with Crippen molar-refractivity contribution >= 4 is 92.2 Å². The number of fused-ring (bicyclic) bond motifs is 6. The molecule has 2 heteroatoms. The smallest absolute Gasteiger partial charge is 0.0541 e. The summed E-state index contributed by atoms with van der Waals surface area (Å²) in [6.45, 7) is 9.16. The molecule has 474 valence electrons. The Kier molecular flexibility index (Phi) is 22.5. The Balaban J connectivity index is 0.628. The molecule has 10 aromatic carbocycles. The summed E-state index contributed by atoms with van der Waals surface area (Å²) < 4.78 is 4.94. The Morgan fingerprint density at radius 2 is 0.415 bits per heavy atom. The van der Waals surface area contributed by atoms with Crippen LogP contribution >= 0.6 is 0 Å². The fourth-order valence-electron chi connectivity index (χ4n) is 13.7. The van der Waals surface area contributed by atoms with Crippen LogP contribution in [0.4, 0.5) is 0 Å². The lowest BCUT2D eigenvalue weighted by Gasteiger charge is -2.09. The van der Waals surface area contributed by atoms with E-state index in [-0.39, 0.29) is 0 Å². The van der Waals surface area contributed by atoms with Gasteiger partial charge < -0.3 is 9.13 Å². The van der Waals surface area contributed by atoms with Gasteiger partial charge in [-0.05, 0) is 202 Å². The van der Waals surface area contributed by atoms with Gasteiger partial charge in [0.2, 0.25) is 0 Å². The van der Waals surface area contributed by atoms with Crippen molar-refractivity contribution in [1.29, 1.82) is 0 Å². The Labute approximate surface area is 561 Å². The van der Waals surface area contributed by atoms with Crippen molar-refractivity contribution in [3.05, 3.63) is 285 Å². The molecule has 0 amide bonds. The molecular formula is C92H96N2. The summed E-state index contributed by atoms with van der Waals surface area (Å²) in [6, 6.07) is 82.3. The first kappa shape index (κ1) is 64.8. The Hall–Kier alpha value is -9.24. The second kappa shape index (κ2) is 32.5. The first-order valence-electron chi connectivity index (χ1n) is 35.9. The minimum absolute atomic E-state index is 1.15. The second-order valence-corrected chi connectivity index (χ2v) is 26.4.